The lowest BCUT2D eigenvalue weighted by atomic mass is 10.0. The minimum Gasteiger partial charge on any atom is -0.484 e. The number of H-pyrrole nitrogens is 1. The smallest absolute Gasteiger partial charge is 0.422 e. The summed E-state index contributed by atoms with van der Waals surface area (Å²) >= 11 is 0. The zero-order valence-corrected chi connectivity index (χ0v) is 14.7. The molecule has 28 heavy (non-hydrogen) atoms. The van der Waals surface area contributed by atoms with Crippen LogP contribution in [0.2, 0.25) is 0 Å². The van der Waals surface area contributed by atoms with Gasteiger partial charge in [-0.1, -0.05) is 24.3 Å². The second kappa shape index (κ2) is 7.34. The molecule has 0 amide bonds. The van der Waals surface area contributed by atoms with Gasteiger partial charge in [0.1, 0.15) is 11.4 Å². The molecule has 4 nitrogen and oxygen atoms in total. The van der Waals surface area contributed by atoms with E-state index in [0.717, 1.165) is 27.7 Å². The number of alkyl halides is 3. The maximum absolute atomic E-state index is 12.5. The van der Waals surface area contributed by atoms with Gasteiger partial charge in [-0.2, -0.15) is 13.2 Å². The van der Waals surface area contributed by atoms with Gasteiger partial charge >= 0.3 is 6.18 Å². The highest BCUT2D eigenvalue weighted by Crippen LogP contribution is 2.29. The molecule has 0 spiro atoms. The lowest BCUT2D eigenvalue weighted by Crippen LogP contribution is -2.19. The van der Waals surface area contributed by atoms with E-state index in [1.807, 2.05) is 24.4 Å². The van der Waals surface area contributed by atoms with Gasteiger partial charge in [-0.15, -0.1) is 0 Å². The van der Waals surface area contributed by atoms with E-state index in [1.165, 1.54) is 0 Å². The summed E-state index contributed by atoms with van der Waals surface area (Å²) in [5.41, 5.74) is 4.19. The van der Waals surface area contributed by atoms with Crippen molar-refractivity contribution in [3.63, 3.8) is 0 Å². The number of hydrogen-bond donors (Lipinski definition) is 1. The van der Waals surface area contributed by atoms with Crippen molar-refractivity contribution in [1.29, 1.82) is 0 Å². The Bertz CT molecular complexity index is 1090. The summed E-state index contributed by atoms with van der Waals surface area (Å²) in [6, 6.07) is 12.6. The van der Waals surface area contributed by atoms with Crippen molar-refractivity contribution in [1.82, 2.24) is 15.0 Å². The molecule has 4 aromatic rings. The number of aromatic amines is 1. The minimum absolute atomic E-state index is 0.227. The van der Waals surface area contributed by atoms with Crippen LogP contribution in [0.3, 0.4) is 0 Å². The first-order valence-corrected chi connectivity index (χ1v) is 8.63. The molecule has 0 saturated heterocycles. The van der Waals surface area contributed by atoms with Gasteiger partial charge in [-0.3, -0.25) is 4.98 Å². The molecule has 7 heteroatoms. The van der Waals surface area contributed by atoms with Crippen molar-refractivity contribution in [3.05, 3.63) is 78.4 Å². The Labute approximate surface area is 159 Å². The zero-order chi connectivity index (χ0) is 19.6. The lowest BCUT2D eigenvalue weighted by Gasteiger charge is -2.13. The normalized spacial score (nSPS) is 11.7. The molecule has 1 aromatic carbocycles. The Morgan fingerprint density at radius 2 is 1.82 bits per heavy atom. The van der Waals surface area contributed by atoms with Crippen molar-refractivity contribution in [3.8, 4) is 16.9 Å². The molecule has 3 aromatic heterocycles. The summed E-state index contributed by atoms with van der Waals surface area (Å²) in [6.45, 7) is -1.31. The highest BCUT2D eigenvalue weighted by atomic mass is 19.4. The first kappa shape index (κ1) is 18.0. The number of nitrogens with one attached hydrogen (secondary N) is 1. The van der Waals surface area contributed by atoms with Crippen LogP contribution in [-0.4, -0.2) is 27.7 Å². The molecule has 0 fully saturated rings. The van der Waals surface area contributed by atoms with Crippen LogP contribution in [0.15, 0.2) is 67.3 Å². The largest absolute Gasteiger partial charge is 0.484 e. The van der Waals surface area contributed by atoms with Crippen LogP contribution in [0.25, 0.3) is 22.2 Å². The molecule has 0 aliphatic heterocycles. The molecule has 0 aliphatic carbocycles. The fourth-order valence-electron chi connectivity index (χ4n) is 3.05. The van der Waals surface area contributed by atoms with Gasteiger partial charge in [0.05, 0.1) is 0 Å². The minimum atomic E-state index is -4.38. The van der Waals surface area contributed by atoms with Crippen LogP contribution in [0, 0.1) is 0 Å². The number of ether oxygens (including phenoxy) is 1. The summed E-state index contributed by atoms with van der Waals surface area (Å²) in [6.07, 6.45) is 3.10. The van der Waals surface area contributed by atoms with Crippen molar-refractivity contribution < 1.29 is 17.9 Å². The second-order valence-corrected chi connectivity index (χ2v) is 6.36. The van der Waals surface area contributed by atoms with Crippen molar-refractivity contribution >= 4 is 11.0 Å². The number of nitrogens with zero attached hydrogens (tertiary/aromatic N) is 2. The Kier molecular flexibility index (Phi) is 4.73. The molecular weight excluding hydrogens is 367 g/mol. The van der Waals surface area contributed by atoms with Gasteiger partial charge in [0.25, 0.3) is 0 Å². The van der Waals surface area contributed by atoms with Crippen LogP contribution in [0.4, 0.5) is 13.2 Å². The number of halogens is 3. The first-order chi connectivity index (χ1) is 13.5. The predicted octanol–water partition coefficient (Wildman–Crippen LogP) is 5.16. The summed E-state index contributed by atoms with van der Waals surface area (Å²) < 4.78 is 42.6. The SMILES string of the molecule is FC(F)(F)COc1ccccc1Cc1c[nH]c2ncc(-c3cccnc3)cc12. The zero-order valence-electron chi connectivity index (χ0n) is 14.7. The van der Waals surface area contributed by atoms with Crippen molar-refractivity contribution in [2.75, 3.05) is 6.61 Å². The Hall–Kier alpha value is -3.35. The fraction of sp³-hybridized carbons (Fsp3) is 0.143. The Morgan fingerprint density at radius 1 is 0.964 bits per heavy atom. The lowest BCUT2D eigenvalue weighted by molar-refractivity contribution is -0.153. The molecule has 1 N–H and O–H groups in total. The van der Waals surface area contributed by atoms with Crippen LogP contribution >= 0.6 is 0 Å². The topological polar surface area (TPSA) is 50.8 Å². The Morgan fingerprint density at radius 3 is 2.61 bits per heavy atom. The fourth-order valence-corrected chi connectivity index (χ4v) is 3.05. The van der Waals surface area contributed by atoms with E-state index < -0.39 is 12.8 Å². The van der Waals surface area contributed by atoms with Gasteiger partial charge in [0, 0.05) is 47.7 Å². The summed E-state index contributed by atoms with van der Waals surface area (Å²) in [4.78, 5) is 11.7. The van der Waals surface area contributed by atoms with Gasteiger partial charge in [-0.05, 0) is 29.3 Å². The number of aromatic nitrogens is 3. The van der Waals surface area contributed by atoms with E-state index in [9.17, 15) is 13.2 Å². The summed E-state index contributed by atoms with van der Waals surface area (Å²) in [5, 5.41) is 0.909. The van der Waals surface area contributed by atoms with E-state index in [1.54, 1.807) is 42.9 Å². The molecule has 4 rings (SSSR count). The molecule has 0 bridgehead atoms. The molecule has 0 saturated carbocycles. The first-order valence-electron chi connectivity index (χ1n) is 8.63. The summed E-state index contributed by atoms with van der Waals surface area (Å²) in [5.74, 6) is 0.227. The maximum atomic E-state index is 12.5. The molecular formula is C21H16F3N3O. The number of pyridine rings is 2. The molecule has 3 heterocycles. The van der Waals surface area contributed by atoms with Gasteiger partial charge in [0.2, 0.25) is 0 Å². The van der Waals surface area contributed by atoms with Crippen LogP contribution in [0.1, 0.15) is 11.1 Å². The van der Waals surface area contributed by atoms with Crippen LogP contribution < -0.4 is 4.74 Å². The van der Waals surface area contributed by atoms with E-state index in [-0.39, 0.29) is 5.75 Å². The average Bonchev–Trinajstić information content (AvgIpc) is 3.09. The molecule has 0 radical (unpaired) electrons. The summed E-state index contributed by atoms with van der Waals surface area (Å²) in [7, 11) is 0. The third-order valence-corrected chi connectivity index (χ3v) is 4.36. The monoisotopic (exact) mass is 383 g/mol. The van der Waals surface area contributed by atoms with Crippen LogP contribution in [-0.2, 0) is 6.42 Å². The third kappa shape index (κ3) is 3.98. The van der Waals surface area contributed by atoms with Gasteiger partial charge in [-0.25, -0.2) is 4.98 Å². The van der Waals surface area contributed by atoms with E-state index in [0.29, 0.717) is 12.0 Å². The Balaban J connectivity index is 1.66. The highest BCUT2D eigenvalue weighted by molar-refractivity contribution is 5.84. The van der Waals surface area contributed by atoms with Crippen molar-refractivity contribution in [2.24, 2.45) is 0 Å². The number of para-hydroxylation sites is 1. The molecule has 142 valence electrons. The van der Waals surface area contributed by atoms with E-state index in [4.69, 9.17) is 4.74 Å². The standard InChI is InChI=1S/C21H16F3N3O/c22-21(23,24)13-28-19-6-2-1-4-14(19)8-17-12-27-20-18(17)9-16(11-26-20)15-5-3-7-25-10-15/h1-7,9-12H,8,13H2,(H,26,27). The number of fused-ring (bicyclic) bond motifs is 1. The third-order valence-electron chi connectivity index (χ3n) is 4.36. The van der Waals surface area contributed by atoms with E-state index >= 15 is 0 Å². The molecule has 0 unspecified atom stereocenters. The highest BCUT2D eigenvalue weighted by Gasteiger charge is 2.28. The van der Waals surface area contributed by atoms with E-state index in [2.05, 4.69) is 15.0 Å². The molecule has 0 aliphatic rings. The molecule has 0 atom stereocenters. The van der Waals surface area contributed by atoms with Crippen molar-refractivity contribution in [2.45, 2.75) is 12.6 Å². The van der Waals surface area contributed by atoms with Gasteiger partial charge in [0.15, 0.2) is 6.61 Å². The second-order valence-electron chi connectivity index (χ2n) is 6.36. The van der Waals surface area contributed by atoms with Crippen LogP contribution in [0.5, 0.6) is 5.75 Å². The number of hydrogen-bond acceptors (Lipinski definition) is 3. The maximum Gasteiger partial charge on any atom is 0.422 e. The van der Waals surface area contributed by atoms with Gasteiger partial charge < -0.3 is 9.72 Å². The number of rotatable bonds is 5. The quantitative estimate of drug-likeness (QED) is 0.518. The average molecular weight is 383 g/mol. The predicted molar refractivity (Wildman–Crippen MR) is 100 cm³/mol. The number of benzene rings is 1.